The van der Waals surface area contributed by atoms with E-state index in [9.17, 15) is 4.79 Å². The number of H-pyrrole nitrogens is 1. The number of carbonyl (C=O) groups is 1. The first-order valence-electron chi connectivity index (χ1n) is 9.11. The Hall–Kier alpha value is -1.58. The Balaban J connectivity index is 0.00000261. The van der Waals surface area contributed by atoms with Crippen molar-refractivity contribution < 1.29 is 4.79 Å². The second-order valence-electron chi connectivity index (χ2n) is 6.92. The fourth-order valence-corrected chi connectivity index (χ4v) is 3.67. The van der Waals surface area contributed by atoms with Crippen molar-refractivity contribution in [2.75, 3.05) is 19.3 Å². The van der Waals surface area contributed by atoms with Gasteiger partial charge in [-0.25, -0.2) is 0 Å². The van der Waals surface area contributed by atoms with E-state index in [0.717, 1.165) is 54.6 Å². The molecule has 2 aromatic rings. The van der Waals surface area contributed by atoms with Gasteiger partial charge in [-0.3, -0.25) is 9.89 Å². The smallest absolute Gasteiger partial charge is 0.272 e. The van der Waals surface area contributed by atoms with Crippen LogP contribution in [-0.4, -0.2) is 50.2 Å². The highest BCUT2D eigenvalue weighted by molar-refractivity contribution is 7.98. The van der Waals surface area contributed by atoms with Crippen molar-refractivity contribution in [1.29, 1.82) is 0 Å². The standard InChI is InChI=1S/C17H27N7OS.ClH/c1-11(2)10-24-14(21-23-17(24)26-3)5-4-7-19-16(25)15-12-9-18-8-6-13(12)20-22-15;/h11,18H,4-10H2,1-3H3,(H,19,25)(H,20,22);1H. The maximum atomic E-state index is 12.4. The molecule has 3 rings (SSSR count). The lowest BCUT2D eigenvalue weighted by atomic mass is 10.1. The molecular weight excluding hydrogens is 386 g/mol. The molecule has 1 amide bonds. The summed E-state index contributed by atoms with van der Waals surface area (Å²) in [4.78, 5) is 12.4. The fraction of sp³-hybridized carbons (Fsp3) is 0.647. The van der Waals surface area contributed by atoms with Crippen LogP contribution in [0.1, 0.15) is 47.8 Å². The maximum absolute atomic E-state index is 12.4. The van der Waals surface area contributed by atoms with Crippen molar-refractivity contribution in [3.05, 3.63) is 22.8 Å². The molecule has 10 heteroatoms. The Bertz CT molecular complexity index is 759. The number of rotatable bonds is 8. The number of thioether (sulfide) groups is 1. The first kappa shape index (κ1) is 21.7. The van der Waals surface area contributed by atoms with Gasteiger partial charge in [0.15, 0.2) is 10.9 Å². The third-order valence-electron chi connectivity index (χ3n) is 4.41. The average molecular weight is 414 g/mol. The summed E-state index contributed by atoms with van der Waals surface area (Å²) in [5.41, 5.74) is 2.58. The van der Waals surface area contributed by atoms with Crippen LogP contribution in [0.3, 0.4) is 0 Å². The van der Waals surface area contributed by atoms with Crippen molar-refractivity contribution in [3.8, 4) is 0 Å². The monoisotopic (exact) mass is 413 g/mol. The zero-order chi connectivity index (χ0) is 18.5. The minimum absolute atomic E-state index is 0. The van der Waals surface area contributed by atoms with E-state index in [2.05, 4.69) is 49.4 Å². The van der Waals surface area contributed by atoms with Crippen LogP contribution >= 0.6 is 24.2 Å². The molecule has 0 atom stereocenters. The van der Waals surface area contributed by atoms with E-state index in [-0.39, 0.29) is 18.3 Å². The number of amides is 1. The lowest BCUT2D eigenvalue weighted by molar-refractivity contribution is 0.0947. The number of fused-ring (bicyclic) bond motifs is 1. The molecule has 27 heavy (non-hydrogen) atoms. The maximum Gasteiger partial charge on any atom is 0.272 e. The van der Waals surface area contributed by atoms with E-state index >= 15 is 0 Å². The zero-order valence-corrected chi connectivity index (χ0v) is 17.7. The van der Waals surface area contributed by atoms with Gasteiger partial charge in [0.05, 0.1) is 0 Å². The van der Waals surface area contributed by atoms with Gasteiger partial charge < -0.3 is 15.2 Å². The van der Waals surface area contributed by atoms with E-state index in [1.165, 1.54) is 0 Å². The Labute approximate surface area is 170 Å². The van der Waals surface area contributed by atoms with Crippen LogP contribution in [0.4, 0.5) is 0 Å². The molecule has 0 aromatic carbocycles. The lowest BCUT2D eigenvalue weighted by Crippen LogP contribution is -2.29. The molecule has 150 valence electrons. The van der Waals surface area contributed by atoms with E-state index in [1.807, 2.05) is 6.26 Å². The van der Waals surface area contributed by atoms with E-state index in [4.69, 9.17) is 0 Å². The Morgan fingerprint density at radius 1 is 1.37 bits per heavy atom. The van der Waals surface area contributed by atoms with E-state index in [1.54, 1.807) is 11.8 Å². The van der Waals surface area contributed by atoms with Gasteiger partial charge in [-0.1, -0.05) is 25.6 Å². The summed E-state index contributed by atoms with van der Waals surface area (Å²) >= 11 is 1.62. The molecule has 0 spiro atoms. The molecule has 3 heterocycles. The predicted octanol–water partition coefficient (Wildman–Crippen LogP) is 1.81. The second-order valence-corrected chi connectivity index (χ2v) is 7.70. The summed E-state index contributed by atoms with van der Waals surface area (Å²) in [6.07, 6.45) is 4.52. The van der Waals surface area contributed by atoms with Crippen molar-refractivity contribution >= 4 is 30.1 Å². The molecule has 3 N–H and O–H groups in total. The third kappa shape index (κ3) is 5.24. The molecule has 0 fully saturated rings. The molecule has 8 nitrogen and oxygen atoms in total. The van der Waals surface area contributed by atoms with Gasteiger partial charge in [0.1, 0.15) is 5.82 Å². The van der Waals surface area contributed by atoms with Gasteiger partial charge in [-0.15, -0.1) is 22.6 Å². The summed E-state index contributed by atoms with van der Waals surface area (Å²) in [6, 6.07) is 0. The quantitative estimate of drug-likeness (QED) is 0.450. The molecule has 1 aliphatic heterocycles. The first-order chi connectivity index (χ1) is 12.6. The molecule has 0 bridgehead atoms. The summed E-state index contributed by atoms with van der Waals surface area (Å²) in [6.45, 7) is 7.51. The largest absolute Gasteiger partial charge is 0.351 e. The van der Waals surface area contributed by atoms with Crippen LogP contribution in [0.5, 0.6) is 0 Å². The van der Waals surface area contributed by atoms with Gasteiger partial charge in [0.25, 0.3) is 5.91 Å². The number of aromatic amines is 1. The highest BCUT2D eigenvalue weighted by Gasteiger charge is 2.21. The van der Waals surface area contributed by atoms with Crippen LogP contribution < -0.4 is 10.6 Å². The number of nitrogens with one attached hydrogen (secondary N) is 3. The number of hydrogen-bond acceptors (Lipinski definition) is 6. The number of hydrogen-bond donors (Lipinski definition) is 3. The molecule has 0 saturated heterocycles. The number of nitrogens with zero attached hydrogens (tertiary/aromatic N) is 4. The van der Waals surface area contributed by atoms with Gasteiger partial charge >= 0.3 is 0 Å². The van der Waals surface area contributed by atoms with Crippen LogP contribution in [0.2, 0.25) is 0 Å². The van der Waals surface area contributed by atoms with Crippen molar-refractivity contribution in [2.45, 2.75) is 51.4 Å². The van der Waals surface area contributed by atoms with Gasteiger partial charge in [-0.05, 0) is 18.6 Å². The molecule has 1 aliphatic rings. The molecule has 0 saturated carbocycles. The Kier molecular flexibility index (Phi) is 8.12. The molecule has 0 unspecified atom stereocenters. The predicted molar refractivity (Wildman–Crippen MR) is 109 cm³/mol. The van der Waals surface area contributed by atoms with Crippen LogP contribution in [-0.2, 0) is 25.9 Å². The minimum atomic E-state index is -0.111. The van der Waals surface area contributed by atoms with Crippen molar-refractivity contribution in [3.63, 3.8) is 0 Å². The average Bonchev–Trinajstić information content (AvgIpc) is 3.22. The highest BCUT2D eigenvalue weighted by Crippen LogP contribution is 2.17. The first-order valence-corrected chi connectivity index (χ1v) is 10.3. The summed E-state index contributed by atoms with van der Waals surface area (Å²) in [5, 5.41) is 23.0. The fourth-order valence-electron chi connectivity index (χ4n) is 3.15. The van der Waals surface area contributed by atoms with E-state index < -0.39 is 0 Å². The topological polar surface area (TPSA) is 101 Å². The molecular formula is C17H28ClN7OS. The second kappa shape index (κ2) is 10.1. The lowest BCUT2D eigenvalue weighted by Gasteiger charge is -2.13. The van der Waals surface area contributed by atoms with Gasteiger partial charge in [-0.2, -0.15) is 5.10 Å². The molecule has 0 aliphatic carbocycles. The van der Waals surface area contributed by atoms with Crippen LogP contribution in [0, 0.1) is 5.92 Å². The SMILES string of the molecule is CSc1nnc(CCCNC(=O)c2n[nH]c3c2CNCC3)n1CC(C)C.Cl. The van der Waals surface area contributed by atoms with Crippen molar-refractivity contribution in [1.82, 2.24) is 35.6 Å². The number of aryl methyl sites for hydroxylation is 1. The number of halogens is 1. The van der Waals surface area contributed by atoms with E-state index in [0.29, 0.717) is 24.7 Å². The summed E-state index contributed by atoms with van der Waals surface area (Å²) < 4.78 is 2.19. The third-order valence-corrected chi connectivity index (χ3v) is 5.08. The molecule has 2 aromatic heterocycles. The zero-order valence-electron chi connectivity index (χ0n) is 16.0. The van der Waals surface area contributed by atoms with Gasteiger partial charge in [0, 0.05) is 50.3 Å². The number of aromatic nitrogens is 5. The normalized spacial score (nSPS) is 13.3. The van der Waals surface area contributed by atoms with Gasteiger partial charge in [0.2, 0.25) is 0 Å². The summed E-state index contributed by atoms with van der Waals surface area (Å²) in [7, 11) is 0. The number of carbonyl (C=O) groups excluding carboxylic acids is 1. The Morgan fingerprint density at radius 3 is 2.93 bits per heavy atom. The minimum Gasteiger partial charge on any atom is -0.351 e. The van der Waals surface area contributed by atoms with Crippen LogP contribution in [0.15, 0.2) is 5.16 Å². The molecule has 0 radical (unpaired) electrons. The Morgan fingerprint density at radius 2 is 2.19 bits per heavy atom. The highest BCUT2D eigenvalue weighted by atomic mass is 35.5. The summed E-state index contributed by atoms with van der Waals surface area (Å²) in [5.74, 6) is 1.41. The van der Waals surface area contributed by atoms with Crippen molar-refractivity contribution in [2.24, 2.45) is 5.92 Å². The van der Waals surface area contributed by atoms with Crippen LogP contribution in [0.25, 0.3) is 0 Å².